The lowest BCUT2D eigenvalue weighted by Gasteiger charge is -2.09. The first-order valence-corrected chi connectivity index (χ1v) is 9.31. The van der Waals surface area contributed by atoms with Crippen molar-refractivity contribution >= 4 is 21.6 Å². The highest BCUT2D eigenvalue weighted by Gasteiger charge is 2.43. The fourth-order valence-electron chi connectivity index (χ4n) is 2.97. The summed E-state index contributed by atoms with van der Waals surface area (Å²) in [5, 5.41) is 8.00. The third-order valence-electron chi connectivity index (χ3n) is 4.36. The molecule has 0 saturated heterocycles. The zero-order valence-corrected chi connectivity index (χ0v) is 14.4. The van der Waals surface area contributed by atoms with Crippen LogP contribution in [0.1, 0.15) is 29.0 Å². The van der Waals surface area contributed by atoms with Crippen LogP contribution in [0, 0.1) is 19.8 Å². The Kier molecular flexibility index (Phi) is 4.19. The van der Waals surface area contributed by atoms with Gasteiger partial charge in [-0.3, -0.25) is 4.79 Å². The fourth-order valence-corrected chi connectivity index (χ4v) is 3.78. The first-order chi connectivity index (χ1) is 11.3. The van der Waals surface area contributed by atoms with Gasteiger partial charge in [0.15, 0.2) is 0 Å². The first kappa shape index (κ1) is 16.7. The number of hydrogen-bond donors (Lipinski definition) is 2. The Hall–Kier alpha value is -2.18. The second kappa shape index (κ2) is 6.03. The molecule has 1 fully saturated rings. The van der Waals surface area contributed by atoms with Crippen LogP contribution in [-0.2, 0) is 14.8 Å². The number of nitrogens with two attached hydrogens (primary N) is 1. The number of sulfonamides is 1. The van der Waals surface area contributed by atoms with E-state index in [4.69, 9.17) is 5.14 Å². The molecule has 2 atom stereocenters. The third-order valence-corrected chi connectivity index (χ3v) is 5.41. The molecule has 5 nitrogen and oxygen atoms in total. The number of benzene rings is 2. The van der Waals surface area contributed by atoms with Gasteiger partial charge < -0.3 is 5.32 Å². The molecule has 0 radical (unpaired) electrons. The number of anilines is 1. The van der Waals surface area contributed by atoms with Crippen molar-refractivity contribution in [3.8, 4) is 0 Å². The maximum absolute atomic E-state index is 12.4. The summed E-state index contributed by atoms with van der Waals surface area (Å²) in [5.74, 6) is 0.0600. The van der Waals surface area contributed by atoms with Gasteiger partial charge in [-0.05, 0) is 49.4 Å². The van der Waals surface area contributed by atoms with Crippen molar-refractivity contribution in [1.82, 2.24) is 0 Å². The Morgan fingerprint density at radius 2 is 1.92 bits per heavy atom. The Labute approximate surface area is 141 Å². The molecule has 1 aliphatic carbocycles. The predicted octanol–water partition coefficient (Wildman–Crippen LogP) is 2.69. The van der Waals surface area contributed by atoms with Crippen LogP contribution >= 0.6 is 0 Å². The monoisotopic (exact) mass is 344 g/mol. The van der Waals surface area contributed by atoms with Gasteiger partial charge in [-0.25, -0.2) is 13.6 Å². The standard InChI is InChI=1S/C18H20N2O3S/c1-11-4-3-5-13(8-11)15-10-16(15)18(21)20-14-7-6-12(2)17(9-14)24(19,22)23/h3-9,15-16H,10H2,1-2H3,(H,20,21)(H2,19,22,23)/t15-,16-/m0/s1. The number of primary sulfonamides is 1. The highest BCUT2D eigenvalue weighted by atomic mass is 32.2. The lowest BCUT2D eigenvalue weighted by atomic mass is 10.1. The van der Waals surface area contributed by atoms with Crippen LogP contribution < -0.4 is 10.5 Å². The molecular weight excluding hydrogens is 324 g/mol. The average molecular weight is 344 g/mol. The zero-order valence-electron chi connectivity index (χ0n) is 13.6. The van der Waals surface area contributed by atoms with Crippen LogP contribution in [0.2, 0.25) is 0 Å². The molecule has 6 heteroatoms. The molecule has 0 heterocycles. The maximum Gasteiger partial charge on any atom is 0.238 e. The summed E-state index contributed by atoms with van der Waals surface area (Å²) in [6.45, 7) is 3.70. The van der Waals surface area contributed by atoms with Crippen LogP contribution in [0.3, 0.4) is 0 Å². The van der Waals surface area contributed by atoms with Gasteiger partial charge in [0.25, 0.3) is 0 Å². The number of hydrogen-bond acceptors (Lipinski definition) is 3. The SMILES string of the molecule is Cc1cccc([C@@H]2C[C@@H]2C(=O)Nc2ccc(C)c(S(N)(=O)=O)c2)c1. The summed E-state index contributed by atoms with van der Waals surface area (Å²) in [6, 6.07) is 12.9. The minimum absolute atomic E-state index is 0.0336. The molecule has 126 valence electrons. The van der Waals surface area contributed by atoms with Crippen LogP contribution in [0.25, 0.3) is 0 Å². The second-order valence-corrected chi connectivity index (χ2v) is 7.91. The van der Waals surface area contributed by atoms with Crippen LogP contribution in [0.4, 0.5) is 5.69 Å². The van der Waals surface area contributed by atoms with E-state index in [0.717, 1.165) is 6.42 Å². The molecule has 0 unspecified atom stereocenters. The number of carbonyl (C=O) groups is 1. The largest absolute Gasteiger partial charge is 0.326 e. The Bertz CT molecular complexity index is 906. The van der Waals surface area contributed by atoms with Crippen LogP contribution in [0.15, 0.2) is 47.4 Å². The van der Waals surface area contributed by atoms with Crippen molar-refractivity contribution < 1.29 is 13.2 Å². The van der Waals surface area contributed by atoms with E-state index in [1.54, 1.807) is 19.1 Å². The van der Waals surface area contributed by atoms with E-state index in [9.17, 15) is 13.2 Å². The van der Waals surface area contributed by atoms with E-state index in [1.807, 2.05) is 25.1 Å². The van der Waals surface area contributed by atoms with Crippen LogP contribution in [0.5, 0.6) is 0 Å². The van der Waals surface area contributed by atoms with Crippen molar-refractivity contribution in [2.24, 2.45) is 11.1 Å². The summed E-state index contributed by atoms with van der Waals surface area (Å²) < 4.78 is 23.1. The smallest absolute Gasteiger partial charge is 0.238 e. The minimum atomic E-state index is -3.81. The van der Waals surface area contributed by atoms with Gasteiger partial charge in [0.05, 0.1) is 4.90 Å². The molecule has 0 bridgehead atoms. The molecule has 0 spiro atoms. The summed E-state index contributed by atoms with van der Waals surface area (Å²) in [4.78, 5) is 12.4. The molecular formula is C18H20N2O3S. The quantitative estimate of drug-likeness (QED) is 0.893. The molecule has 1 saturated carbocycles. The van der Waals surface area contributed by atoms with E-state index in [-0.39, 0.29) is 22.6 Å². The van der Waals surface area contributed by atoms with Crippen molar-refractivity contribution in [2.75, 3.05) is 5.32 Å². The maximum atomic E-state index is 12.4. The van der Waals surface area contributed by atoms with Gasteiger partial charge in [-0.1, -0.05) is 35.9 Å². The molecule has 1 amide bonds. The molecule has 0 aromatic heterocycles. The van der Waals surface area contributed by atoms with Gasteiger partial charge in [-0.15, -0.1) is 0 Å². The van der Waals surface area contributed by atoms with Crippen molar-refractivity contribution in [2.45, 2.75) is 31.1 Å². The van der Waals surface area contributed by atoms with E-state index < -0.39 is 10.0 Å². The normalized spacial score (nSPS) is 19.8. The number of amides is 1. The van der Waals surface area contributed by atoms with Crippen molar-refractivity contribution in [3.63, 3.8) is 0 Å². The summed E-state index contributed by atoms with van der Waals surface area (Å²) in [7, 11) is -3.81. The zero-order chi connectivity index (χ0) is 17.5. The number of carbonyl (C=O) groups excluding carboxylic acids is 1. The van der Waals surface area contributed by atoms with Gasteiger partial charge in [0.2, 0.25) is 15.9 Å². The van der Waals surface area contributed by atoms with Crippen LogP contribution in [-0.4, -0.2) is 14.3 Å². The number of nitrogens with one attached hydrogen (secondary N) is 1. The Morgan fingerprint density at radius 3 is 2.58 bits per heavy atom. The summed E-state index contributed by atoms with van der Waals surface area (Å²) in [5.41, 5.74) is 3.35. The summed E-state index contributed by atoms with van der Waals surface area (Å²) >= 11 is 0. The molecule has 24 heavy (non-hydrogen) atoms. The topological polar surface area (TPSA) is 89.3 Å². The van der Waals surface area contributed by atoms with E-state index >= 15 is 0 Å². The third kappa shape index (κ3) is 3.49. The van der Waals surface area contributed by atoms with Gasteiger partial charge >= 0.3 is 0 Å². The van der Waals surface area contributed by atoms with Gasteiger partial charge in [0, 0.05) is 11.6 Å². The minimum Gasteiger partial charge on any atom is -0.326 e. The highest BCUT2D eigenvalue weighted by Crippen LogP contribution is 2.48. The second-order valence-electron chi connectivity index (χ2n) is 6.38. The highest BCUT2D eigenvalue weighted by molar-refractivity contribution is 7.89. The molecule has 3 rings (SSSR count). The van der Waals surface area contributed by atoms with Gasteiger partial charge in [0.1, 0.15) is 0 Å². The number of aryl methyl sites for hydroxylation is 2. The Morgan fingerprint density at radius 1 is 1.17 bits per heavy atom. The van der Waals surface area contributed by atoms with Gasteiger partial charge in [-0.2, -0.15) is 0 Å². The van der Waals surface area contributed by atoms with E-state index in [0.29, 0.717) is 11.3 Å². The molecule has 0 aliphatic heterocycles. The lowest BCUT2D eigenvalue weighted by Crippen LogP contribution is -2.17. The summed E-state index contributed by atoms with van der Waals surface area (Å²) in [6.07, 6.45) is 0.809. The predicted molar refractivity (Wildman–Crippen MR) is 93.2 cm³/mol. The fraction of sp³-hybridized carbons (Fsp3) is 0.278. The Balaban J connectivity index is 1.73. The van der Waals surface area contributed by atoms with Crippen molar-refractivity contribution in [1.29, 1.82) is 0 Å². The lowest BCUT2D eigenvalue weighted by molar-refractivity contribution is -0.117. The average Bonchev–Trinajstić information content (AvgIpc) is 3.28. The molecule has 2 aromatic rings. The molecule has 2 aromatic carbocycles. The van der Waals surface area contributed by atoms with Crippen molar-refractivity contribution in [3.05, 3.63) is 59.2 Å². The molecule has 3 N–H and O–H groups in total. The molecule has 1 aliphatic rings. The number of rotatable bonds is 4. The first-order valence-electron chi connectivity index (χ1n) is 7.76. The van der Waals surface area contributed by atoms with E-state index in [2.05, 4.69) is 11.4 Å². The van der Waals surface area contributed by atoms with E-state index in [1.165, 1.54) is 17.2 Å².